The number of carbonyl (C=O) groups excluding carboxylic acids is 1. The van der Waals surface area contributed by atoms with Gasteiger partial charge in [0.05, 0.1) is 18.2 Å². The lowest BCUT2D eigenvalue weighted by molar-refractivity contribution is 0.0504. The Labute approximate surface area is 120 Å². The van der Waals surface area contributed by atoms with Gasteiger partial charge in [-0.2, -0.15) is 0 Å². The molecule has 4 rings (SSSR count). The van der Waals surface area contributed by atoms with Crippen LogP contribution in [0.1, 0.15) is 39.7 Å². The molecule has 0 atom stereocenters. The summed E-state index contributed by atoms with van der Waals surface area (Å²) in [4.78, 5) is 15.1. The third-order valence-corrected chi connectivity index (χ3v) is 4.75. The van der Waals surface area contributed by atoms with Crippen LogP contribution in [-0.2, 0) is 6.42 Å². The molecule has 20 heavy (non-hydrogen) atoms. The van der Waals surface area contributed by atoms with Crippen molar-refractivity contribution in [2.75, 3.05) is 13.1 Å². The predicted octanol–water partition coefficient (Wildman–Crippen LogP) is 2.32. The smallest absolute Gasteiger partial charge is 0.267 e. The minimum Gasteiger partial charge on any atom is -0.472 e. The molecule has 2 aromatic heterocycles. The van der Waals surface area contributed by atoms with Gasteiger partial charge in [-0.15, -0.1) is 5.10 Å². The van der Waals surface area contributed by atoms with Gasteiger partial charge in [-0.1, -0.05) is 4.49 Å². The Morgan fingerprint density at radius 3 is 3.00 bits per heavy atom. The molecule has 2 aliphatic rings. The van der Waals surface area contributed by atoms with Crippen LogP contribution in [0, 0.1) is 5.92 Å². The first-order chi connectivity index (χ1) is 9.81. The van der Waals surface area contributed by atoms with Crippen LogP contribution in [0.15, 0.2) is 23.0 Å². The second kappa shape index (κ2) is 4.70. The van der Waals surface area contributed by atoms with Crippen LogP contribution in [0.2, 0.25) is 0 Å². The zero-order valence-corrected chi connectivity index (χ0v) is 11.8. The van der Waals surface area contributed by atoms with Crippen molar-refractivity contribution in [1.82, 2.24) is 14.5 Å². The summed E-state index contributed by atoms with van der Waals surface area (Å²) in [5, 5.41) is 4.13. The third kappa shape index (κ3) is 2.14. The summed E-state index contributed by atoms with van der Waals surface area (Å²) in [7, 11) is 0. The summed E-state index contributed by atoms with van der Waals surface area (Å²) in [5.41, 5.74) is 2.14. The fraction of sp³-hybridized carbons (Fsp3) is 0.500. The first-order valence-electron chi connectivity index (χ1n) is 6.94. The van der Waals surface area contributed by atoms with Gasteiger partial charge in [0.2, 0.25) is 0 Å². The number of carbonyl (C=O) groups is 1. The Morgan fingerprint density at radius 1 is 1.45 bits per heavy atom. The molecule has 1 saturated carbocycles. The van der Waals surface area contributed by atoms with Crippen molar-refractivity contribution in [2.24, 2.45) is 5.92 Å². The predicted molar refractivity (Wildman–Crippen MR) is 73.7 cm³/mol. The summed E-state index contributed by atoms with van der Waals surface area (Å²) in [5.74, 6) is 1.14. The molecule has 0 unspecified atom stereocenters. The summed E-state index contributed by atoms with van der Waals surface area (Å²) in [6, 6.07) is 1.99. The number of amides is 1. The Balaban J connectivity index is 1.38. The van der Waals surface area contributed by atoms with Gasteiger partial charge in [0, 0.05) is 19.0 Å². The Bertz CT molecular complexity index is 612. The van der Waals surface area contributed by atoms with Crippen LogP contribution in [0.25, 0.3) is 0 Å². The molecule has 1 amide bonds. The molecule has 1 aliphatic carbocycles. The number of likely N-dealkylation sites (tertiary alicyclic amines) is 1. The van der Waals surface area contributed by atoms with E-state index in [0.717, 1.165) is 42.9 Å². The molecule has 0 radical (unpaired) electrons. The Hall–Kier alpha value is -1.69. The molecule has 3 heterocycles. The monoisotopic (exact) mass is 289 g/mol. The van der Waals surface area contributed by atoms with Crippen molar-refractivity contribution in [3.63, 3.8) is 0 Å². The Kier molecular flexibility index (Phi) is 2.84. The first-order valence-corrected chi connectivity index (χ1v) is 7.71. The lowest BCUT2D eigenvalue weighted by atomic mass is 9.93. The van der Waals surface area contributed by atoms with Gasteiger partial charge in [0.1, 0.15) is 4.88 Å². The average Bonchev–Trinajstić information content (AvgIpc) is 2.92. The lowest BCUT2D eigenvalue weighted by Gasteiger charge is -2.39. The van der Waals surface area contributed by atoms with Crippen LogP contribution < -0.4 is 0 Å². The maximum atomic E-state index is 12.4. The fourth-order valence-electron chi connectivity index (χ4n) is 2.72. The van der Waals surface area contributed by atoms with Crippen LogP contribution in [0.5, 0.6) is 0 Å². The quantitative estimate of drug-likeness (QED) is 0.866. The van der Waals surface area contributed by atoms with E-state index in [4.69, 9.17) is 4.42 Å². The highest BCUT2D eigenvalue weighted by Gasteiger charge is 2.37. The van der Waals surface area contributed by atoms with E-state index in [2.05, 4.69) is 9.59 Å². The third-order valence-electron chi connectivity index (χ3n) is 4.02. The summed E-state index contributed by atoms with van der Waals surface area (Å²) in [6.45, 7) is 1.65. The van der Waals surface area contributed by atoms with E-state index >= 15 is 0 Å². The van der Waals surface area contributed by atoms with E-state index in [1.54, 1.807) is 12.5 Å². The molecule has 0 bridgehead atoms. The molecule has 104 valence electrons. The summed E-state index contributed by atoms with van der Waals surface area (Å²) in [6.07, 6.45) is 6.75. The van der Waals surface area contributed by atoms with E-state index in [1.165, 1.54) is 17.1 Å². The molecular formula is C14H15N3O2S. The van der Waals surface area contributed by atoms with Crippen molar-refractivity contribution < 1.29 is 9.21 Å². The van der Waals surface area contributed by atoms with Crippen molar-refractivity contribution in [1.29, 1.82) is 0 Å². The van der Waals surface area contributed by atoms with Crippen molar-refractivity contribution in [2.45, 2.75) is 25.2 Å². The van der Waals surface area contributed by atoms with Crippen LogP contribution in [-0.4, -0.2) is 33.5 Å². The van der Waals surface area contributed by atoms with Gasteiger partial charge >= 0.3 is 0 Å². The van der Waals surface area contributed by atoms with Crippen molar-refractivity contribution in [3.8, 4) is 0 Å². The minimum absolute atomic E-state index is 0.116. The standard InChI is InChI=1S/C14H15N3O2S/c18-14(13-12(11-1-2-11)15-16-20-13)17-6-10(7-17)5-9-3-4-19-8-9/h3-4,8,10-11H,1-2,5-7H2. The average molecular weight is 289 g/mol. The van der Waals surface area contributed by atoms with Gasteiger partial charge < -0.3 is 9.32 Å². The van der Waals surface area contributed by atoms with Gasteiger partial charge in [-0.05, 0) is 48.3 Å². The van der Waals surface area contributed by atoms with E-state index < -0.39 is 0 Å². The molecule has 5 nitrogen and oxygen atoms in total. The highest BCUT2D eigenvalue weighted by Crippen LogP contribution is 2.41. The highest BCUT2D eigenvalue weighted by molar-refractivity contribution is 7.08. The number of furan rings is 1. The topological polar surface area (TPSA) is 59.2 Å². The first kappa shape index (κ1) is 12.1. The van der Waals surface area contributed by atoms with E-state index in [9.17, 15) is 4.79 Å². The number of hydrogen-bond donors (Lipinski definition) is 0. The molecule has 0 spiro atoms. The van der Waals surface area contributed by atoms with E-state index in [-0.39, 0.29) is 5.91 Å². The highest BCUT2D eigenvalue weighted by atomic mass is 32.1. The maximum absolute atomic E-state index is 12.4. The second-order valence-corrected chi connectivity index (χ2v) is 6.43. The number of rotatable bonds is 4. The maximum Gasteiger partial charge on any atom is 0.267 e. The Morgan fingerprint density at radius 2 is 2.30 bits per heavy atom. The van der Waals surface area contributed by atoms with Gasteiger partial charge in [0.15, 0.2) is 0 Å². The zero-order valence-electron chi connectivity index (χ0n) is 11.0. The van der Waals surface area contributed by atoms with Crippen LogP contribution in [0.4, 0.5) is 0 Å². The molecule has 6 heteroatoms. The summed E-state index contributed by atoms with van der Waals surface area (Å²) >= 11 is 1.24. The normalized spacial score (nSPS) is 19.1. The van der Waals surface area contributed by atoms with Gasteiger partial charge in [-0.25, -0.2) is 0 Å². The van der Waals surface area contributed by atoms with Crippen molar-refractivity contribution >= 4 is 17.4 Å². The molecule has 1 saturated heterocycles. The molecule has 0 N–H and O–H groups in total. The molecule has 2 fully saturated rings. The molecule has 1 aliphatic heterocycles. The van der Waals surface area contributed by atoms with E-state index in [1.807, 2.05) is 11.0 Å². The van der Waals surface area contributed by atoms with Crippen LogP contribution in [0.3, 0.4) is 0 Å². The van der Waals surface area contributed by atoms with Crippen molar-refractivity contribution in [3.05, 3.63) is 34.7 Å². The summed E-state index contributed by atoms with van der Waals surface area (Å²) < 4.78 is 9.03. The lowest BCUT2D eigenvalue weighted by Crippen LogP contribution is -2.50. The van der Waals surface area contributed by atoms with Gasteiger partial charge in [-0.3, -0.25) is 4.79 Å². The zero-order chi connectivity index (χ0) is 13.5. The largest absolute Gasteiger partial charge is 0.472 e. The van der Waals surface area contributed by atoms with E-state index in [0.29, 0.717) is 11.8 Å². The number of aromatic nitrogens is 2. The number of hydrogen-bond acceptors (Lipinski definition) is 5. The van der Waals surface area contributed by atoms with Crippen LogP contribution >= 0.6 is 11.5 Å². The van der Waals surface area contributed by atoms with Gasteiger partial charge in [0.25, 0.3) is 5.91 Å². The molecule has 0 aromatic carbocycles. The molecular weight excluding hydrogens is 274 g/mol. The minimum atomic E-state index is 0.116. The second-order valence-electron chi connectivity index (χ2n) is 5.67. The fourth-order valence-corrected chi connectivity index (χ4v) is 3.44. The number of nitrogens with zero attached hydrogens (tertiary/aromatic N) is 3. The SMILES string of the molecule is O=C(c1snnc1C1CC1)N1CC(Cc2ccoc2)C1. The molecule has 2 aromatic rings.